The summed E-state index contributed by atoms with van der Waals surface area (Å²) >= 11 is 0.822. The first-order valence-electron chi connectivity index (χ1n) is 6.29. The average molecular weight is 393 g/mol. The van der Waals surface area contributed by atoms with E-state index in [2.05, 4.69) is 41.1 Å². The number of diazo groups is 1. The van der Waals surface area contributed by atoms with Crippen LogP contribution in [0.5, 0.6) is 0 Å². The van der Waals surface area contributed by atoms with Crippen molar-refractivity contribution in [3.63, 3.8) is 0 Å². The maximum absolute atomic E-state index is 8.67. The van der Waals surface area contributed by atoms with E-state index in [9.17, 15) is 0 Å². The van der Waals surface area contributed by atoms with Gasteiger partial charge in [-0.05, 0) is 24.6 Å². The van der Waals surface area contributed by atoms with Gasteiger partial charge in [-0.25, -0.2) is 0 Å². The second-order valence-corrected chi connectivity index (χ2v) is 4.12. The molecule has 0 aromatic heterocycles. The minimum absolute atomic E-state index is 0.578. The number of nitrogens with zero attached hydrogens (tertiary/aromatic N) is 3. The predicted octanol–water partition coefficient (Wildman–Crippen LogP) is 4.24. The Morgan fingerprint density at radius 3 is 2.15 bits per heavy atom. The zero-order valence-electron chi connectivity index (χ0n) is 11.4. The van der Waals surface area contributed by atoms with Crippen molar-refractivity contribution in [2.75, 3.05) is 11.4 Å². The van der Waals surface area contributed by atoms with Crippen LogP contribution in [0.15, 0.2) is 54.6 Å². The van der Waals surface area contributed by atoms with Gasteiger partial charge in [0, 0.05) is 30.9 Å². The average Bonchev–Trinajstić information content (AvgIpc) is 2.55. The van der Waals surface area contributed by atoms with E-state index in [0.29, 0.717) is 5.69 Å². The van der Waals surface area contributed by atoms with Crippen LogP contribution in [-0.4, -0.2) is 27.9 Å². The monoisotopic (exact) mass is 394 g/mol. The van der Waals surface area contributed by atoms with Crippen molar-refractivity contribution in [1.82, 2.24) is 0 Å². The molecule has 20 heavy (non-hydrogen) atoms. The van der Waals surface area contributed by atoms with E-state index in [0.717, 1.165) is 40.2 Å². The van der Waals surface area contributed by atoms with Crippen molar-refractivity contribution in [2.24, 2.45) is 0 Å². The van der Waals surface area contributed by atoms with E-state index in [1.165, 1.54) is 5.56 Å². The van der Waals surface area contributed by atoms with Crippen molar-refractivity contribution in [1.29, 1.82) is 5.39 Å². The van der Waals surface area contributed by atoms with Crippen molar-refractivity contribution in [3.05, 3.63) is 65.1 Å². The standard InChI is InChI=1S/C15H16N3.ClH.Sn.H/c1-2-18(12-13-6-4-3-5-7-13)15-10-8-14(17-16)9-11-15;;;/h3-11H,2,12H2,1H3;1H;;/q+1;;+1;/p-1. The van der Waals surface area contributed by atoms with Gasteiger partial charge in [-0.1, -0.05) is 30.3 Å². The van der Waals surface area contributed by atoms with E-state index >= 15 is 0 Å². The molecule has 0 saturated carbocycles. The molecule has 3 nitrogen and oxygen atoms in total. The molecule has 0 saturated heterocycles. The topological polar surface area (TPSA) is 31.4 Å². The van der Waals surface area contributed by atoms with Gasteiger partial charge in [0.25, 0.3) is 0 Å². The van der Waals surface area contributed by atoms with Gasteiger partial charge >= 0.3 is 36.0 Å². The minimum atomic E-state index is 0.578. The molecule has 0 aliphatic carbocycles. The molecule has 0 fully saturated rings. The Labute approximate surface area is 137 Å². The zero-order valence-corrected chi connectivity index (χ0v) is 15.5. The number of hydrogen-bond acceptors (Lipinski definition) is 2. The molecule has 0 aliphatic rings. The molecule has 2 aromatic carbocycles. The van der Waals surface area contributed by atoms with Crippen LogP contribution in [0.2, 0.25) is 0 Å². The van der Waals surface area contributed by atoms with Gasteiger partial charge < -0.3 is 4.90 Å². The van der Waals surface area contributed by atoms with E-state index in [1.54, 1.807) is 0 Å². The second-order valence-electron chi connectivity index (χ2n) is 4.12. The maximum atomic E-state index is 8.67. The van der Waals surface area contributed by atoms with Crippen LogP contribution in [0.4, 0.5) is 11.4 Å². The molecule has 0 spiro atoms. The third kappa shape index (κ3) is 5.03. The normalized spacial score (nSPS) is 9.10. The van der Waals surface area contributed by atoms with E-state index < -0.39 is 0 Å². The van der Waals surface area contributed by atoms with Gasteiger partial charge in [0.2, 0.25) is 5.39 Å². The van der Waals surface area contributed by atoms with Crippen molar-refractivity contribution >= 4 is 41.7 Å². The summed E-state index contributed by atoms with van der Waals surface area (Å²) < 4.78 is 0. The third-order valence-corrected chi connectivity index (χ3v) is 2.93. The van der Waals surface area contributed by atoms with E-state index in [-0.39, 0.29) is 0 Å². The summed E-state index contributed by atoms with van der Waals surface area (Å²) in [7, 11) is 4.77. The van der Waals surface area contributed by atoms with Crippen LogP contribution in [0.25, 0.3) is 4.98 Å². The van der Waals surface area contributed by atoms with Gasteiger partial charge in [0.15, 0.2) is 4.98 Å². The van der Waals surface area contributed by atoms with Gasteiger partial charge in [-0.2, -0.15) is 0 Å². The Bertz CT molecular complexity index is 537. The summed E-state index contributed by atoms with van der Waals surface area (Å²) in [6.07, 6.45) is 0. The summed E-state index contributed by atoms with van der Waals surface area (Å²) in [6.45, 7) is 3.95. The summed E-state index contributed by atoms with van der Waals surface area (Å²) in [6, 6.07) is 17.9. The Morgan fingerprint density at radius 2 is 1.65 bits per heavy atom. The van der Waals surface area contributed by atoms with Crippen LogP contribution >= 0.6 is 8.92 Å². The molecule has 0 bridgehead atoms. The zero-order chi connectivity index (χ0) is 14.8. The molecule has 0 amide bonds. The fourth-order valence-corrected chi connectivity index (χ4v) is 1.92. The number of rotatable bonds is 4. The van der Waals surface area contributed by atoms with E-state index in [4.69, 9.17) is 14.3 Å². The molecule has 0 aliphatic heterocycles. The molecule has 0 N–H and O–H groups in total. The van der Waals surface area contributed by atoms with Crippen LogP contribution in [-0.2, 0) is 6.54 Å². The fourth-order valence-electron chi connectivity index (χ4n) is 1.92. The molecule has 5 heteroatoms. The summed E-state index contributed by atoms with van der Waals surface area (Å²) in [5.74, 6) is 0. The molecule has 0 heterocycles. The number of benzene rings is 2. The number of halogens is 1. The van der Waals surface area contributed by atoms with Crippen LogP contribution in [0.3, 0.4) is 0 Å². The summed E-state index contributed by atoms with van der Waals surface area (Å²) in [5.41, 5.74) is 3.00. The van der Waals surface area contributed by atoms with Gasteiger partial charge in [-0.15, -0.1) is 0 Å². The Kier molecular flexibility index (Phi) is 8.08. The first kappa shape index (κ1) is 16.8. The van der Waals surface area contributed by atoms with Gasteiger partial charge in [-0.3, -0.25) is 0 Å². The van der Waals surface area contributed by atoms with Crippen molar-refractivity contribution in [3.8, 4) is 0 Å². The number of anilines is 1. The first-order chi connectivity index (χ1) is 9.83. The molecule has 2 rings (SSSR count). The predicted molar refractivity (Wildman–Crippen MR) is 87.4 cm³/mol. The molecule has 0 atom stereocenters. The SMILES string of the molecule is CCN(Cc1ccccc1)c1ccc([N+]#N)cc1.[Cl][SnH]. The quantitative estimate of drug-likeness (QED) is 0.575. The Hall–Kier alpha value is -1.25. The Morgan fingerprint density at radius 1 is 1.05 bits per heavy atom. The van der Waals surface area contributed by atoms with Crippen LogP contribution in [0.1, 0.15) is 12.5 Å². The van der Waals surface area contributed by atoms with Crippen molar-refractivity contribution < 1.29 is 0 Å². The van der Waals surface area contributed by atoms with Gasteiger partial charge in [0.1, 0.15) is 0 Å². The summed E-state index contributed by atoms with van der Waals surface area (Å²) in [4.78, 5) is 5.44. The second kappa shape index (κ2) is 9.62. The summed E-state index contributed by atoms with van der Waals surface area (Å²) in [5, 5.41) is 8.67. The molecular weight excluding hydrogens is 376 g/mol. The Balaban J connectivity index is 0.000000956. The van der Waals surface area contributed by atoms with Crippen LogP contribution < -0.4 is 4.90 Å². The van der Waals surface area contributed by atoms with Gasteiger partial charge in [0.05, 0.1) is 0 Å². The van der Waals surface area contributed by atoms with Crippen LogP contribution in [0, 0.1) is 5.39 Å². The molecule has 2 radical (unpaired) electrons. The third-order valence-electron chi connectivity index (χ3n) is 2.93. The molecule has 102 valence electrons. The molecular formula is C15H17ClN3Sn+. The van der Waals surface area contributed by atoms with Crippen molar-refractivity contribution in [2.45, 2.75) is 13.5 Å². The first-order valence-corrected chi connectivity index (χ1v) is 10.5. The molecule has 0 unspecified atom stereocenters. The number of hydrogen-bond donors (Lipinski definition) is 0. The fraction of sp³-hybridized carbons (Fsp3) is 0.200. The van der Waals surface area contributed by atoms with E-state index in [1.807, 2.05) is 30.3 Å². The molecule has 2 aromatic rings.